The fourth-order valence-corrected chi connectivity index (χ4v) is 1.30. The van der Waals surface area contributed by atoms with Crippen LogP contribution in [-0.2, 0) is 0 Å². The first-order chi connectivity index (χ1) is 7.88. The molecule has 0 aliphatic heterocycles. The van der Waals surface area contributed by atoms with Crippen molar-refractivity contribution in [2.24, 2.45) is 5.41 Å². The first-order valence-corrected chi connectivity index (χ1v) is 5.84. The monoisotopic (exact) mass is 235 g/mol. The van der Waals surface area contributed by atoms with Gasteiger partial charge in [0.2, 0.25) is 0 Å². The number of hydrogen-bond donors (Lipinski definition) is 2. The number of amides is 2. The summed E-state index contributed by atoms with van der Waals surface area (Å²) in [6, 6.07) is 5.42. The Labute approximate surface area is 103 Å². The van der Waals surface area contributed by atoms with Gasteiger partial charge in [0.05, 0.1) is 11.7 Å². The molecule has 17 heavy (non-hydrogen) atoms. The molecule has 1 heterocycles. The molecule has 1 rings (SSSR count). The standard InChI is InChI=1S/C13H21N3O/c1-10(11-7-5-6-8-14-11)16-12(17)15-9-13(2,3)4/h5-8,10H,9H2,1-4H3,(H2,15,16,17). The highest BCUT2D eigenvalue weighted by molar-refractivity contribution is 5.74. The summed E-state index contributed by atoms with van der Waals surface area (Å²) in [4.78, 5) is 15.8. The van der Waals surface area contributed by atoms with Crippen molar-refractivity contribution in [2.45, 2.75) is 33.7 Å². The molecule has 0 fully saturated rings. The van der Waals surface area contributed by atoms with Gasteiger partial charge in [0.15, 0.2) is 0 Å². The van der Waals surface area contributed by atoms with Gasteiger partial charge in [-0.1, -0.05) is 26.8 Å². The first kappa shape index (κ1) is 13.5. The lowest BCUT2D eigenvalue weighted by atomic mass is 9.97. The van der Waals surface area contributed by atoms with Gasteiger partial charge in [-0.15, -0.1) is 0 Å². The van der Waals surface area contributed by atoms with Crippen LogP contribution in [0.1, 0.15) is 39.4 Å². The van der Waals surface area contributed by atoms with Crippen molar-refractivity contribution in [1.29, 1.82) is 0 Å². The van der Waals surface area contributed by atoms with Crippen LogP contribution in [0.25, 0.3) is 0 Å². The molecule has 2 N–H and O–H groups in total. The Hall–Kier alpha value is -1.58. The van der Waals surface area contributed by atoms with Crippen LogP contribution in [0.4, 0.5) is 4.79 Å². The van der Waals surface area contributed by atoms with Crippen molar-refractivity contribution >= 4 is 6.03 Å². The van der Waals surface area contributed by atoms with Gasteiger partial charge >= 0.3 is 6.03 Å². The van der Waals surface area contributed by atoms with Crippen LogP contribution in [0.5, 0.6) is 0 Å². The van der Waals surface area contributed by atoms with E-state index in [-0.39, 0.29) is 17.5 Å². The summed E-state index contributed by atoms with van der Waals surface area (Å²) in [5.41, 5.74) is 0.949. The van der Waals surface area contributed by atoms with Crippen molar-refractivity contribution < 1.29 is 4.79 Å². The van der Waals surface area contributed by atoms with E-state index in [0.717, 1.165) is 5.69 Å². The molecule has 0 aliphatic rings. The lowest BCUT2D eigenvalue weighted by Crippen LogP contribution is -2.41. The molecule has 0 saturated carbocycles. The number of carbonyl (C=O) groups is 1. The summed E-state index contributed by atoms with van der Waals surface area (Å²) in [5, 5.41) is 5.70. The second-order valence-electron chi connectivity index (χ2n) is 5.36. The summed E-state index contributed by atoms with van der Waals surface area (Å²) < 4.78 is 0. The Morgan fingerprint density at radius 1 is 1.41 bits per heavy atom. The van der Waals surface area contributed by atoms with E-state index in [0.29, 0.717) is 6.54 Å². The second kappa shape index (κ2) is 5.66. The van der Waals surface area contributed by atoms with Gasteiger partial charge < -0.3 is 10.6 Å². The van der Waals surface area contributed by atoms with Crippen LogP contribution in [-0.4, -0.2) is 17.6 Å². The lowest BCUT2D eigenvalue weighted by molar-refractivity contribution is 0.232. The average molecular weight is 235 g/mol. The number of urea groups is 1. The van der Waals surface area contributed by atoms with Crippen molar-refractivity contribution in [1.82, 2.24) is 15.6 Å². The third-order valence-corrected chi connectivity index (χ3v) is 2.26. The van der Waals surface area contributed by atoms with E-state index in [9.17, 15) is 4.79 Å². The van der Waals surface area contributed by atoms with Gasteiger partial charge in [0.25, 0.3) is 0 Å². The number of carbonyl (C=O) groups excluding carboxylic acids is 1. The zero-order chi connectivity index (χ0) is 12.9. The van der Waals surface area contributed by atoms with Crippen molar-refractivity contribution in [3.8, 4) is 0 Å². The minimum atomic E-state index is -0.155. The number of pyridine rings is 1. The highest BCUT2D eigenvalue weighted by atomic mass is 16.2. The molecule has 0 saturated heterocycles. The number of nitrogens with zero attached hydrogens (tertiary/aromatic N) is 1. The van der Waals surface area contributed by atoms with E-state index in [1.807, 2.05) is 25.1 Å². The summed E-state index contributed by atoms with van der Waals surface area (Å²) in [6.07, 6.45) is 1.72. The van der Waals surface area contributed by atoms with Crippen LogP contribution in [0.15, 0.2) is 24.4 Å². The van der Waals surface area contributed by atoms with E-state index < -0.39 is 0 Å². The highest BCUT2D eigenvalue weighted by Crippen LogP contribution is 2.11. The Morgan fingerprint density at radius 2 is 2.12 bits per heavy atom. The molecule has 94 valence electrons. The van der Waals surface area contributed by atoms with E-state index in [1.165, 1.54) is 0 Å². The van der Waals surface area contributed by atoms with Crippen LogP contribution in [0.3, 0.4) is 0 Å². The molecule has 0 bridgehead atoms. The maximum Gasteiger partial charge on any atom is 0.315 e. The molecule has 0 aromatic carbocycles. The quantitative estimate of drug-likeness (QED) is 0.845. The summed E-state index contributed by atoms with van der Waals surface area (Å²) in [6.45, 7) is 8.80. The molecular formula is C13H21N3O. The fourth-order valence-electron chi connectivity index (χ4n) is 1.30. The topological polar surface area (TPSA) is 54.0 Å². The van der Waals surface area contributed by atoms with Crippen LogP contribution < -0.4 is 10.6 Å². The van der Waals surface area contributed by atoms with Gasteiger partial charge in [-0.05, 0) is 24.5 Å². The zero-order valence-electron chi connectivity index (χ0n) is 10.9. The normalized spacial score (nSPS) is 12.9. The van der Waals surface area contributed by atoms with Gasteiger partial charge in [0, 0.05) is 12.7 Å². The van der Waals surface area contributed by atoms with Gasteiger partial charge in [-0.25, -0.2) is 4.79 Å². The third kappa shape index (κ3) is 5.33. The number of aromatic nitrogens is 1. The second-order valence-corrected chi connectivity index (χ2v) is 5.36. The predicted octanol–water partition coefficient (Wildman–Crippen LogP) is 2.49. The Kier molecular flexibility index (Phi) is 4.49. The molecule has 1 aromatic heterocycles. The lowest BCUT2D eigenvalue weighted by Gasteiger charge is -2.20. The molecule has 1 unspecified atom stereocenters. The fraction of sp³-hybridized carbons (Fsp3) is 0.538. The van der Waals surface area contributed by atoms with E-state index in [4.69, 9.17) is 0 Å². The van der Waals surface area contributed by atoms with Crippen LogP contribution in [0.2, 0.25) is 0 Å². The molecule has 1 aromatic rings. The third-order valence-electron chi connectivity index (χ3n) is 2.26. The van der Waals surface area contributed by atoms with Crippen molar-refractivity contribution in [3.05, 3.63) is 30.1 Å². The van der Waals surface area contributed by atoms with Crippen LogP contribution in [0, 0.1) is 5.41 Å². The van der Waals surface area contributed by atoms with Crippen molar-refractivity contribution in [2.75, 3.05) is 6.54 Å². The summed E-state index contributed by atoms with van der Waals surface area (Å²) in [7, 11) is 0. The van der Waals surface area contributed by atoms with E-state index in [2.05, 4.69) is 36.4 Å². The Morgan fingerprint density at radius 3 is 2.65 bits per heavy atom. The molecule has 0 radical (unpaired) electrons. The molecule has 4 heteroatoms. The number of rotatable bonds is 3. The van der Waals surface area contributed by atoms with E-state index >= 15 is 0 Å². The molecule has 4 nitrogen and oxygen atoms in total. The molecule has 0 aliphatic carbocycles. The van der Waals surface area contributed by atoms with Gasteiger partial charge in [-0.3, -0.25) is 4.98 Å². The SMILES string of the molecule is CC(NC(=O)NCC(C)(C)C)c1ccccn1. The zero-order valence-corrected chi connectivity index (χ0v) is 10.9. The first-order valence-electron chi connectivity index (χ1n) is 5.84. The molecule has 1 atom stereocenters. The Bertz CT molecular complexity index is 357. The van der Waals surface area contributed by atoms with Crippen LogP contribution >= 0.6 is 0 Å². The van der Waals surface area contributed by atoms with Gasteiger partial charge in [-0.2, -0.15) is 0 Å². The predicted molar refractivity (Wildman–Crippen MR) is 68.6 cm³/mol. The molecule has 0 spiro atoms. The maximum atomic E-state index is 11.6. The smallest absolute Gasteiger partial charge is 0.315 e. The minimum Gasteiger partial charge on any atom is -0.338 e. The molecule has 2 amide bonds. The van der Waals surface area contributed by atoms with E-state index in [1.54, 1.807) is 6.20 Å². The van der Waals surface area contributed by atoms with Crippen molar-refractivity contribution in [3.63, 3.8) is 0 Å². The Balaban J connectivity index is 2.42. The minimum absolute atomic E-state index is 0.0869. The largest absolute Gasteiger partial charge is 0.338 e. The van der Waals surface area contributed by atoms with Gasteiger partial charge in [0.1, 0.15) is 0 Å². The summed E-state index contributed by atoms with van der Waals surface area (Å²) in [5.74, 6) is 0. The summed E-state index contributed by atoms with van der Waals surface area (Å²) >= 11 is 0. The highest BCUT2D eigenvalue weighted by Gasteiger charge is 2.14. The average Bonchev–Trinajstić information content (AvgIpc) is 2.27. The molecular weight excluding hydrogens is 214 g/mol. The number of nitrogens with one attached hydrogen (secondary N) is 2. The maximum absolute atomic E-state index is 11.6. The number of hydrogen-bond acceptors (Lipinski definition) is 2.